The molecule has 9 heteroatoms. The van der Waals surface area contributed by atoms with Crippen LogP contribution >= 0.6 is 0 Å². The Morgan fingerprint density at radius 3 is 2.48 bits per heavy atom. The molecule has 0 spiro atoms. The van der Waals surface area contributed by atoms with Gasteiger partial charge in [0.2, 0.25) is 11.8 Å². The zero-order chi connectivity index (χ0) is 23.8. The van der Waals surface area contributed by atoms with Gasteiger partial charge in [-0.2, -0.15) is 0 Å². The summed E-state index contributed by atoms with van der Waals surface area (Å²) in [6, 6.07) is 5.49. The SMILES string of the molecule is CC(=O)N1c2ccc(C(C=NC3CC3)=CN)cc2N(C(=O)OC2CCC(F)(F)CC2)CC1C. The Morgan fingerprint density at radius 1 is 1.18 bits per heavy atom. The van der Waals surface area contributed by atoms with Crippen LogP contribution in [0.15, 0.2) is 29.4 Å². The van der Waals surface area contributed by atoms with E-state index in [9.17, 15) is 18.4 Å². The lowest BCUT2D eigenvalue weighted by molar-refractivity contribution is -0.117. The van der Waals surface area contributed by atoms with E-state index in [1.807, 2.05) is 13.0 Å². The number of carbonyl (C=O) groups excluding carboxylic acids is 2. The van der Waals surface area contributed by atoms with E-state index >= 15 is 0 Å². The second kappa shape index (κ2) is 9.11. The van der Waals surface area contributed by atoms with Crippen molar-refractivity contribution in [2.24, 2.45) is 10.7 Å². The number of halogens is 2. The zero-order valence-corrected chi connectivity index (χ0v) is 19.0. The maximum absolute atomic E-state index is 13.5. The summed E-state index contributed by atoms with van der Waals surface area (Å²) >= 11 is 0. The fourth-order valence-electron chi connectivity index (χ4n) is 4.42. The number of amides is 2. The van der Waals surface area contributed by atoms with Crippen LogP contribution in [-0.2, 0) is 9.53 Å². The molecule has 1 heterocycles. The number of anilines is 2. The lowest BCUT2D eigenvalue weighted by Crippen LogP contribution is -2.52. The minimum absolute atomic E-state index is 0.131. The molecule has 3 aliphatic rings. The van der Waals surface area contributed by atoms with Crippen molar-refractivity contribution in [1.29, 1.82) is 0 Å². The molecule has 1 aromatic rings. The van der Waals surface area contributed by atoms with Crippen molar-refractivity contribution in [3.63, 3.8) is 0 Å². The van der Waals surface area contributed by atoms with Crippen molar-refractivity contribution in [1.82, 2.24) is 0 Å². The molecule has 1 aliphatic heterocycles. The van der Waals surface area contributed by atoms with Crippen LogP contribution in [0.1, 0.15) is 57.9 Å². The van der Waals surface area contributed by atoms with Crippen molar-refractivity contribution >= 4 is 35.2 Å². The molecule has 2 fully saturated rings. The molecule has 1 aromatic carbocycles. The average molecular weight is 461 g/mol. The molecule has 2 N–H and O–H groups in total. The fourth-order valence-corrected chi connectivity index (χ4v) is 4.42. The number of carbonyl (C=O) groups is 2. The van der Waals surface area contributed by atoms with Crippen LogP contribution in [0.5, 0.6) is 0 Å². The Morgan fingerprint density at radius 2 is 1.88 bits per heavy atom. The highest BCUT2D eigenvalue weighted by atomic mass is 19.3. The smallest absolute Gasteiger partial charge is 0.414 e. The van der Waals surface area contributed by atoms with E-state index in [1.54, 1.807) is 23.2 Å². The van der Waals surface area contributed by atoms with Crippen molar-refractivity contribution in [2.45, 2.75) is 76.5 Å². The van der Waals surface area contributed by atoms with Crippen LogP contribution in [0.4, 0.5) is 25.0 Å². The highest BCUT2D eigenvalue weighted by molar-refractivity contribution is 6.11. The number of nitrogens with zero attached hydrogens (tertiary/aromatic N) is 3. The predicted octanol–water partition coefficient (Wildman–Crippen LogP) is 4.50. The van der Waals surface area contributed by atoms with Crippen molar-refractivity contribution in [2.75, 3.05) is 16.3 Å². The topological polar surface area (TPSA) is 88.2 Å². The second-order valence-electron chi connectivity index (χ2n) is 9.12. The van der Waals surface area contributed by atoms with Crippen molar-refractivity contribution < 1.29 is 23.1 Å². The molecule has 0 bridgehead atoms. The Kier molecular flexibility index (Phi) is 6.41. The summed E-state index contributed by atoms with van der Waals surface area (Å²) in [6.45, 7) is 3.57. The van der Waals surface area contributed by atoms with Crippen LogP contribution in [0.25, 0.3) is 5.57 Å². The summed E-state index contributed by atoms with van der Waals surface area (Å²) in [5.74, 6) is -2.83. The van der Waals surface area contributed by atoms with Gasteiger partial charge in [-0.1, -0.05) is 6.07 Å². The number of nitrogens with two attached hydrogens (primary N) is 1. The number of alkyl halides is 2. The summed E-state index contributed by atoms with van der Waals surface area (Å²) in [5, 5.41) is 0. The molecule has 7 nitrogen and oxygen atoms in total. The van der Waals surface area contributed by atoms with E-state index in [4.69, 9.17) is 10.5 Å². The average Bonchev–Trinajstić information content (AvgIpc) is 3.59. The highest BCUT2D eigenvalue weighted by Gasteiger charge is 2.39. The second-order valence-corrected chi connectivity index (χ2v) is 9.12. The molecule has 0 saturated heterocycles. The third-order valence-corrected chi connectivity index (χ3v) is 6.39. The normalized spacial score (nSPS) is 23.5. The largest absolute Gasteiger partial charge is 0.446 e. The maximum Gasteiger partial charge on any atom is 0.414 e. The molecule has 33 heavy (non-hydrogen) atoms. The van der Waals surface area contributed by atoms with Gasteiger partial charge in [-0.3, -0.25) is 14.7 Å². The van der Waals surface area contributed by atoms with E-state index in [0.29, 0.717) is 23.0 Å². The van der Waals surface area contributed by atoms with Gasteiger partial charge in [-0.15, -0.1) is 0 Å². The first-order valence-electron chi connectivity index (χ1n) is 11.4. The fraction of sp³-hybridized carbons (Fsp3) is 0.542. The standard InChI is InChI=1S/C24H30F2N4O3/c1-15-14-29(23(32)33-20-7-9-24(25,26)10-8-20)22-11-17(3-6-21(22)30(15)16(2)31)18(12-27)13-28-19-4-5-19/h3,6,11-13,15,19-20H,4-5,7-10,14,27H2,1-2H3. The van der Waals surface area contributed by atoms with E-state index in [1.165, 1.54) is 18.0 Å². The lowest BCUT2D eigenvalue weighted by atomic mass is 9.94. The van der Waals surface area contributed by atoms with Gasteiger partial charge in [0.05, 0.1) is 23.5 Å². The molecule has 0 aromatic heterocycles. The van der Waals surface area contributed by atoms with Gasteiger partial charge in [-0.25, -0.2) is 13.6 Å². The molecule has 4 rings (SSSR count). The summed E-state index contributed by atoms with van der Waals surface area (Å²) < 4.78 is 32.6. The molecule has 2 amide bonds. The lowest BCUT2D eigenvalue weighted by Gasteiger charge is -2.41. The van der Waals surface area contributed by atoms with Crippen LogP contribution < -0.4 is 15.5 Å². The number of ether oxygens (including phenoxy) is 1. The number of fused-ring (bicyclic) bond motifs is 1. The number of hydrogen-bond donors (Lipinski definition) is 1. The zero-order valence-electron chi connectivity index (χ0n) is 19.0. The maximum atomic E-state index is 13.5. The van der Waals surface area contributed by atoms with E-state index in [0.717, 1.165) is 18.4 Å². The number of allylic oxidation sites excluding steroid dienone is 1. The summed E-state index contributed by atoms with van der Waals surface area (Å²) in [7, 11) is 0. The van der Waals surface area contributed by atoms with Gasteiger partial charge >= 0.3 is 6.09 Å². The highest BCUT2D eigenvalue weighted by Crippen LogP contribution is 2.39. The monoisotopic (exact) mass is 460 g/mol. The van der Waals surface area contributed by atoms with Crippen LogP contribution in [0, 0.1) is 0 Å². The number of rotatable bonds is 4. The Balaban J connectivity index is 1.62. The van der Waals surface area contributed by atoms with Gasteiger partial charge < -0.3 is 15.4 Å². The Bertz CT molecular complexity index is 980. The molecule has 0 radical (unpaired) electrons. The van der Waals surface area contributed by atoms with Gasteiger partial charge in [0.25, 0.3) is 0 Å². The minimum atomic E-state index is -2.70. The Hall–Kier alpha value is -2.97. The molecule has 2 saturated carbocycles. The van der Waals surface area contributed by atoms with Gasteiger partial charge in [0, 0.05) is 44.3 Å². The van der Waals surface area contributed by atoms with Crippen molar-refractivity contribution in [3.8, 4) is 0 Å². The summed E-state index contributed by atoms with van der Waals surface area (Å²) in [4.78, 5) is 33.1. The van der Waals surface area contributed by atoms with Crippen LogP contribution in [0.3, 0.4) is 0 Å². The summed E-state index contributed by atoms with van der Waals surface area (Å²) in [6.07, 6.45) is 3.88. The van der Waals surface area contributed by atoms with Crippen LogP contribution in [-0.4, -0.2) is 48.9 Å². The quantitative estimate of drug-likeness (QED) is 0.671. The molecule has 178 valence electrons. The predicted molar refractivity (Wildman–Crippen MR) is 124 cm³/mol. The van der Waals surface area contributed by atoms with Gasteiger partial charge in [0.1, 0.15) is 6.10 Å². The molecule has 2 aliphatic carbocycles. The first-order valence-corrected chi connectivity index (χ1v) is 11.4. The number of aliphatic imine (C=N–C) groups is 1. The van der Waals surface area contributed by atoms with Crippen molar-refractivity contribution in [3.05, 3.63) is 30.0 Å². The molecular weight excluding hydrogens is 430 g/mol. The van der Waals surface area contributed by atoms with E-state index < -0.39 is 18.1 Å². The first kappa shape index (κ1) is 23.2. The summed E-state index contributed by atoms with van der Waals surface area (Å²) in [5.41, 5.74) is 8.42. The van der Waals surface area contributed by atoms with Gasteiger partial charge in [0.15, 0.2) is 0 Å². The first-order chi connectivity index (χ1) is 15.7. The number of hydrogen-bond acceptors (Lipinski definition) is 5. The third-order valence-electron chi connectivity index (χ3n) is 6.39. The number of benzene rings is 1. The van der Waals surface area contributed by atoms with Crippen LogP contribution in [0.2, 0.25) is 0 Å². The third kappa shape index (κ3) is 5.17. The molecular formula is C24H30F2N4O3. The van der Waals surface area contributed by atoms with E-state index in [2.05, 4.69) is 4.99 Å². The van der Waals surface area contributed by atoms with Gasteiger partial charge in [-0.05, 0) is 50.3 Å². The minimum Gasteiger partial charge on any atom is -0.446 e. The molecule has 1 unspecified atom stereocenters. The molecule has 1 atom stereocenters. The Labute approximate surface area is 192 Å². The van der Waals surface area contributed by atoms with E-state index in [-0.39, 0.29) is 44.2 Å².